The van der Waals surface area contributed by atoms with Gasteiger partial charge in [-0.2, -0.15) is 0 Å². The highest BCUT2D eigenvalue weighted by atomic mass is 15.4. The van der Waals surface area contributed by atoms with Gasteiger partial charge in [0.05, 0.1) is 0 Å². The second kappa shape index (κ2) is 4.51. The number of fused-ring (bicyclic) bond motifs is 1. The van der Waals surface area contributed by atoms with Crippen LogP contribution in [0.25, 0.3) is 11.2 Å². The number of anilines is 1. The van der Waals surface area contributed by atoms with E-state index in [2.05, 4.69) is 32.1 Å². The highest BCUT2D eigenvalue weighted by molar-refractivity contribution is 5.82. The van der Waals surface area contributed by atoms with Gasteiger partial charge < -0.3 is 4.90 Å². The number of hydrogen-bond acceptors (Lipinski definition) is 5. The fourth-order valence-corrected chi connectivity index (χ4v) is 2.62. The molecule has 3 heterocycles. The van der Waals surface area contributed by atoms with Gasteiger partial charge >= 0.3 is 0 Å². The van der Waals surface area contributed by atoms with Crippen molar-refractivity contribution in [3.8, 4) is 0 Å². The summed E-state index contributed by atoms with van der Waals surface area (Å²) in [6, 6.07) is 0.517. The van der Waals surface area contributed by atoms with Gasteiger partial charge in [0.15, 0.2) is 17.0 Å². The molecule has 0 aromatic carbocycles. The maximum absolute atomic E-state index is 4.43. The molecule has 1 atom stereocenters. The lowest BCUT2D eigenvalue weighted by Gasteiger charge is -2.34. The lowest BCUT2D eigenvalue weighted by atomic mass is 10.0. The van der Waals surface area contributed by atoms with Crippen LogP contribution in [0.15, 0.2) is 6.33 Å². The molecule has 0 aliphatic carbocycles. The molecule has 2 aromatic rings. The number of piperidine rings is 1. The normalized spacial score (nSPS) is 20.6. The molecule has 0 N–H and O–H groups in total. The van der Waals surface area contributed by atoms with E-state index in [-0.39, 0.29) is 0 Å². The molecule has 0 unspecified atom stereocenters. The van der Waals surface area contributed by atoms with Crippen molar-refractivity contribution in [3.05, 3.63) is 6.33 Å². The van der Waals surface area contributed by atoms with Crippen LogP contribution in [0.4, 0.5) is 5.82 Å². The Hall–Kier alpha value is -1.72. The Morgan fingerprint density at radius 1 is 1.33 bits per heavy atom. The molecule has 1 aliphatic heterocycles. The average Bonchev–Trinajstić information content (AvgIpc) is 2.82. The zero-order valence-electron chi connectivity index (χ0n) is 10.9. The minimum absolute atomic E-state index is 0.517. The highest BCUT2D eigenvalue weighted by Gasteiger charge is 2.23. The summed E-state index contributed by atoms with van der Waals surface area (Å²) in [4.78, 5) is 11.1. The SMILES string of the molecule is CCn1nnc2c(N3CCCC[C@H]3C)ncnc21. The molecule has 0 saturated carbocycles. The Labute approximate surface area is 106 Å². The van der Waals surface area contributed by atoms with Crippen molar-refractivity contribution in [2.24, 2.45) is 0 Å². The fraction of sp³-hybridized carbons (Fsp3) is 0.667. The number of rotatable bonds is 2. The topological polar surface area (TPSA) is 59.7 Å². The van der Waals surface area contributed by atoms with Crippen LogP contribution in [-0.2, 0) is 6.54 Å². The first-order chi connectivity index (χ1) is 8.81. The average molecular weight is 246 g/mol. The van der Waals surface area contributed by atoms with Crippen LogP contribution >= 0.6 is 0 Å². The Balaban J connectivity index is 2.08. The van der Waals surface area contributed by atoms with Crippen LogP contribution in [0.3, 0.4) is 0 Å². The number of nitrogens with zero attached hydrogens (tertiary/aromatic N) is 6. The molecular formula is C12H18N6. The van der Waals surface area contributed by atoms with E-state index in [4.69, 9.17) is 0 Å². The van der Waals surface area contributed by atoms with Gasteiger partial charge in [0.1, 0.15) is 6.33 Å². The van der Waals surface area contributed by atoms with Crippen molar-refractivity contribution in [2.45, 2.75) is 45.7 Å². The maximum Gasteiger partial charge on any atom is 0.183 e. The standard InChI is InChI=1S/C12H18N6/c1-3-18-12-10(15-16-18)11(13-8-14-12)17-7-5-4-6-9(17)2/h8-9H,3-7H2,1-2H3/t9-/m1/s1. The van der Waals surface area contributed by atoms with Crippen LogP contribution in [0.5, 0.6) is 0 Å². The molecular weight excluding hydrogens is 228 g/mol. The first-order valence-corrected chi connectivity index (χ1v) is 6.62. The Morgan fingerprint density at radius 3 is 3.00 bits per heavy atom. The fourth-order valence-electron chi connectivity index (χ4n) is 2.62. The molecule has 0 radical (unpaired) electrons. The van der Waals surface area contributed by atoms with E-state index in [1.807, 2.05) is 11.6 Å². The zero-order valence-corrected chi connectivity index (χ0v) is 10.9. The lowest BCUT2D eigenvalue weighted by molar-refractivity contribution is 0.482. The molecule has 3 rings (SSSR count). The first-order valence-electron chi connectivity index (χ1n) is 6.62. The zero-order chi connectivity index (χ0) is 12.5. The van der Waals surface area contributed by atoms with Crippen molar-refractivity contribution in [3.63, 3.8) is 0 Å². The van der Waals surface area contributed by atoms with Gasteiger partial charge in [0.2, 0.25) is 0 Å². The number of aromatic nitrogens is 5. The molecule has 1 fully saturated rings. The Kier molecular flexibility index (Phi) is 2.85. The van der Waals surface area contributed by atoms with Crippen LogP contribution < -0.4 is 4.90 Å². The van der Waals surface area contributed by atoms with Crippen LogP contribution in [0.2, 0.25) is 0 Å². The Morgan fingerprint density at radius 2 is 2.22 bits per heavy atom. The third kappa shape index (κ3) is 1.72. The summed E-state index contributed by atoms with van der Waals surface area (Å²) in [6.07, 6.45) is 5.35. The minimum Gasteiger partial charge on any atom is -0.352 e. The van der Waals surface area contributed by atoms with Crippen molar-refractivity contribution in [1.29, 1.82) is 0 Å². The molecule has 6 heteroatoms. The van der Waals surface area contributed by atoms with E-state index in [9.17, 15) is 0 Å². The minimum atomic E-state index is 0.517. The molecule has 2 aromatic heterocycles. The summed E-state index contributed by atoms with van der Waals surface area (Å²) < 4.78 is 1.81. The van der Waals surface area contributed by atoms with Gasteiger partial charge in [0.25, 0.3) is 0 Å². The summed E-state index contributed by atoms with van der Waals surface area (Å²) in [7, 11) is 0. The molecule has 1 saturated heterocycles. The molecule has 0 spiro atoms. The van der Waals surface area contributed by atoms with Gasteiger partial charge in [-0.05, 0) is 33.1 Å². The first kappa shape index (κ1) is 11.4. The second-order valence-corrected chi connectivity index (χ2v) is 4.81. The second-order valence-electron chi connectivity index (χ2n) is 4.81. The van der Waals surface area contributed by atoms with E-state index in [1.165, 1.54) is 19.3 Å². The summed E-state index contributed by atoms with van der Waals surface area (Å²) in [5.74, 6) is 0.937. The molecule has 18 heavy (non-hydrogen) atoms. The quantitative estimate of drug-likeness (QED) is 0.806. The summed E-state index contributed by atoms with van der Waals surface area (Å²) >= 11 is 0. The van der Waals surface area contributed by atoms with Crippen LogP contribution in [-0.4, -0.2) is 37.5 Å². The van der Waals surface area contributed by atoms with E-state index in [1.54, 1.807) is 6.33 Å². The van der Waals surface area contributed by atoms with Crippen molar-refractivity contribution in [2.75, 3.05) is 11.4 Å². The summed E-state index contributed by atoms with van der Waals surface area (Å²) in [5.41, 5.74) is 1.66. The number of hydrogen-bond donors (Lipinski definition) is 0. The highest BCUT2D eigenvalue weighted by Crippen LogP contribution is 2.27. The van der Waals surface area contributed by atoms with Crippen molar-refractivity contribution in [1.82, 2.24) is 25.0 Å². The Bertz CT molecular complexity index is 548. The molecule has 1 aliphatic rings. The predicted molar refractivity (Wildman–Crippen MR) is 69.5 cm³/mol. The monoisotopic (exact) mass is 246 g/mol. The van der Waals surface area contributed by atoms with Gasteiger partial charge in [0, 0.05) is 19.1 Å². The lowest BCUT2D eigenvalue weighted by Crippen LogP contribution is -2.38. The molecule has 6 nitrogen and oxygen atoms in total. The summed E-state index contributed by atoms with van der Waals surface area (Å²) in [6.45, 7) is 6.12. The van der Waals surface area contributed by atoms with E-state index in [0.717, 1.165) is 30.1 Å². The maximum atomic E-state index is 4.43. The van der Waals surface area contributed by atoms with Gasteiger partial charge in [-0.1, -0.05) is 5.21 Å². The molecule has 0 amide bonds. The van der Waals surface area contributed by atoms with Gasteiger partial charge in [-0.25, -0.2) is 14.6 Å². The molecule has 0 bridgehead atoms. The summed E-state index contributed by atoms with van der Waals surface area (Å²) in [5, 5.41) is 8.38. The van der Waals surface area contributed by atoms with Gasteiger partial charge in [-0.3, -0.25) is 0 Å². The van der Waals surface area contributed by atoms with Gasteiger partial charge in [-0.15, -0.1) is 5.10 Å². The molecule has 96 valence electrons. The van der Waals surface area contributed by atoms with E-state index < -0.39 is 0 Å². The predicted octanol–water partition coefficient (Wildman–Crippen LogP) is 1.62. The largest absolute Gasteiger partial charge is 0.352 e. The number of aryl methyl sites for hydroxylation is 1. The smallest absolute Gasteiger partial charge is 0.183 e. The van der Waals surface area contributed by atoms with Crippen molar-refractivity contribution < 1.29 is 0 Å². The van der Waals surface area contributed by atoms with E-state index >= 15 is 0 Å². The third-order valence-electron chi connectivity index (χ3n) is 3.66. The van der Waals surface area contributed by atoms with E-state index in [0.29, 0.717) is 6.04 Å². The third-order valence-corrected chi connectivity index (χ3v) is 3.66. The van der Waals surface area contributed by atoms with Crippen LogP contribution in [0.1, 0.15) is 33.1 Å². The van der Waals surface area contributed by atoms with Crippen LogP contribution in [0, 0.1) is 0 Å². The van der Waals surface area contributed by atoms with Crippen molar-refractivity contribution >= 4 is 17.0 Å².